The van der Waals surface area contributed by atoms with Crippen molar-refractivity contribution < 1.29 is 15.0 Å². The van der Waals surface area contributed by atoms with Gasteiger partial charge in [-0.2, -0.15) is 0 Å². The van der Waals surface area contributed by atoms with Gasteiger partial charge in [-0.25, -0.2) is 0 Å². The summed E-state index contributed by atoms with van der Waals surface area (Å²) < 4.78 is 0. The van der Waals surface area contributed by atoms with Crippen molar-refractivity contribution in [1.82, 2.24) is 0 Å². The van der Waals surface area contributed by atoms with E-state index in [1.165, 1.54) is 0 Å². The van der Waals surface area contributed by atoms with E-state index >= 15 is 0 Å². The second kappa shape index (κ2) is 7.04. The first-order chi connectivity index (χ1) is 10.1. The zero-order valence-electron chi connectivity index (χ0n) is 12.1. The number of rotatable bonds is 6. The Hall–Kier alpha value is -2.13. The van der Waals surface area contributed by atoms with Crippen molar-refractivity contribution in [2.45, 2.75) is 26.4 Å². The molecule has 0 amide bonds. The molecular weight excluding hydrogens is 264 g/mol. The van der Waals surface area contributed by atoms with E-state index in [-0.39, 0.29) is 6.61 Å². The monoisotopic (exact) mass is 284 g/mol. The average molecular weight is 284 g/mol. The number of hydrogen-bond acceptors (Lipinski definition) is 2. The number of carbonyl (C=O) groups is 1. The first kappa shape index (κ1) is 15.3. The van der Waals surface area contributed by atoms with Crippen LogP contribution in [0.1, 0.15) is 22.3 Å². The minimum Gasteiger partial charge on any atom is -0.481 e. The number of benzene rings is 2. The van der Waals surface area contributed by atoms with Crippen molar-refractivity contribution in [3.63, 3.8) is 0 Å². The van der Waals surface area contributed by atoms with Gasteiger partial charge < -0.3 is 10.2 Å². The normalized spacial score (nSPS) is 12.1. The Morgan fingerprint density at radius 3 is 2.19 bits per heavy atom. The van der Waals surface area contributed by atoms with Crippen molar-refractivity contribution >= 4 is 5.97 Å². The lowest BCUT2D eigenvalue weighted by atomic mass is 9.90. The molecule has 0 fully saturated rings. The molecule has 0 bridgehead atoms. The summed E-state index contributed by atoms with van der Waals surface area (Å²) in [6.45, 7) is 2.01. The van der Waals surface area contributed by atoms with Crippen LogP contribution in [0.2, 0.25) is 0 Å². The molecule has 2 aromatic rings. The summed E-state index contributed by atoms with van der Waals surface area (Å²) >= 11 is 0. The highest BCUT2D eigenvalue weighted by Crippen LogP contribution is 2.18. The number of aliphatic hydroxyl groups excluding tert-OH is 1. The Balaban J connectivity index is 2.12. The number of carboxylic acid groups (broad SMARTS) is 1. The van der Waals surface area contributed by atoms with Gasteiger partial charge in [0.25, 0.3) is 0 Å². The van der Waals surface area contributed by atoms with Crippen molar-refractivity contribution in [3.05, 3.63) is 70.8 Å². The fraction of sp³-hybridized carbons (Fsp3) is 0.278. The molecule has 1 atom stereocenters. The van der Waals surface area contributed by atoms with E-state index in [0.717, 1.165) is 22.3 Å². The lowest BCUT2D eigenvalue weighted by Crippen LogP contribution is -2.19. The van der Waals surface area contributed by atoms with Gasteiger partial charge in [0.15, 0.2) is 0 Å². The zero-order chi connectivity index (χ0) is 15.2. The van der Waals surface area contributed by atoms with E-state index in [0.29, 0.717) is 12.8 Å². The highest BCUT2D eigenvalue weighted by molar-refractivity contribution is 5.71. The Labute approximate surface area is 124 Å². The Morgan fingerprint density at radius 1 is 1.00 bits per heavy atom. The summed E-state index contributed by atoms with van der Waals surface area (Å²) in [7, 11) is 0. The van der Waals surface area contributed by atoms with Crippen LogP contribution >= 0.6 is 0 Å². The summed E-state index contributed by atoms with van der Waals surface area (Å²) in [5.41, 5.74) is 4.02. The van der Waals surface area contributed by atoms with Gasteiger partial charge in [0.05, 0.1) is 12.5 Å². The number of hydrogen-bond donors (Lipinski definition) is 2. The van der Waals surface area contributed by atoms with Crippen LogP contribution < -0.4 is 0 Å². The van der Waals surface area contributed by atoms with E-state index in [2.05, 4.69) is 0 Å². The van der Waals surface area contributed by atoms with Gasteiger partial charge >= 0.3 is 5.97 Å². The first-order valence-corrected chi connectivity index (χ1v) is 7.06. The molecule has 0 heterocycles. The van der Waals surface area contributed by atoms with Gasteiger partial charge in [-0.1, -0.05) is 48.5 Å². The molecule has 0 aliphatic heterocycles. The smallest absolute Gasteiger partial charge is 0.307 e. The van der Waals surface area contributed by atoms with Crippen LogP contribution in [0.25, 0.3) is 0 Å². The lowest BCUT2D eigenvalue weighted by Gasteiger charge is -2.14. The minimum atomic E-state index is -0.774. The minimum absolute atomic E-state index is 0.00580. The van der Waals surface area contributed by atoms with Gasteiger partial charge in [0.2, 0.25) is 0 Å². The number of aliphatic hydroxyl groups is 1. The molecule has 0 saturated heterocycles. The summed E-state index contributed by atoms with van der Waals surface area (Å²) in [6, 6.07) is 15.3. The third-order valence-corrected chi connectivity index (χ3v) is 3.76. The third kappa shape index (κ3) is 4.17. The first-order valence-electron chi connectivity index (χ1n) is 7.06. The van der Waals surface area contributed by atoms with Crippen LogP contribution in [0.15, 0.2) is 48.5 Å². The SMILES string of the molecule is Cc1ccccc1CC(Cc1ccc(CO)cc1)C(=O)O. The molecular formula is C18H20O3. The van der Waals surface area contributed by atoms with E-state index in [4.69, 9.17) is 5.11 Å². The largest absolute Gasteiger partial charge is 0.481 e. The number of carboxylic acids is 1. The van der Waals surface area contributed by atoms with Crippen LogP contribution in [0.4, 0.5) is 0 Å². The van der Waals surface area contributed by atoms with Gasteiger partial charge in [0, 0.05) is 0 Å². The molecule has 3 heteroatoms. The molecule has 2 N–H and O–H groups in total. The Morgan fingerprint density at radius 2 is 1.62 bits per heavy atom. The zero-order valence-corrected chi connectivity index (χ0v) is 12.1. The highest BCUT2D eigenvalue weighted by atomic mass is 16.4. The van der Waals surface area contributed by atoms with Gasteiger partial charge in [-0.3, -0.25) is 4.79 Å². The fourth-order valence-electron chi connectivity index (χ4n) is 2.42. The summed E-state index contributed by atoms with van der Waals surface area (Å²) in [6.07, 6.45) is 1.03. The second-order valence-electron chi connectivity index (χ2n) is 5.34. The molecule has 1 unspecified atom stereocenters. The summed E-state index contributed by atoms with van der Waals surface area (Å²) in [5.74, 6) is -1.21. The molecule has 2 rings (SSSR count). The van der Waals surface area contributed by atoms with Crippen molar-refractivity contribution in [1.29, 1.82) is 0 Å². The Kier molecular flexibility index (Phi) is 5.12. The number of aryl methyl sites for hydroxylation is 1. The predicted octanol–water partition coefficient (Wildman–Crippen LogP) is 2.97. The molecule has 3 nitrogen and oxygen atoms in total. The highest BCUT2D eigenvalue weighted by Gasteiger charge is 2.19. The van der Waals surface area contributed by atoms with Gasteiger partial charge in [-0.15, -0.1) is 0 Å². The van der Waals surface area contributed by atoms with E-state index in [9.17, 15) is 9.90 Å². The standard InChI is InChI=1S/C18H20O3/c1-13-4-2-3-5-16(13)11-17(18(20)21)10-14-6-8-15(12-19)9-7-14/h2-9,17,19H,10-12H2,1H3,(H,20,21). The number of aliphatic carboxylic acids is 1. The van der Waals surface area contributed by atoms with Gasteiger partial charge in [0.1, 0.15) is 0 Å². The molecule has 2 aromatic carbocycles. The van der Waals surface area contributed by atoms with E-state index in [1.807, 2.05) is 55.5 Å². The molecule has 110 valence electrons. The topological polar surface area (TPSA) is 57.5 Å². The van der Waals surface area contributed by atoms with Crippen LogP contribution in [0, 0.1) is 12.8 Å². The Bertz CT molecular complexity index is 602. The maximum Gasteiger partial charge on any atom is 0.307 e. The fourth-order valence-corrected chi connectivity index (χ4v) is 2.42. The van der Waals surface area contributed by atoms with Crippen LogP contribution in [0.5, 0.6) is 0 Å². The summed E-state index contributed by atoms with van der Waals surface area (Å²) in [4.78, 5) is 11.5. The van der Waals surface area contributed by atoms with Crippen molar-refractivity contribution in [2.75, 3.05) is 0 Å². The van der Waals surface area contributed by atoms with E-state index in [1.54, 1.807) is 0 Å². The molecule has 0 saturated carbocycles. The van der Waals surface area contributed by atoms with Crippen LogP contribution in [-0.4, -0.2) is 16.2 Å². The maximum absolute atomic E-state index is 11.5. The van der Waals surface area contributed by atoms with E-state index < -0.39 is 11.9 Å². The third-order valence-electron chi connectivity index (χ3n) is 3.76. The van der Waals surface area contributed by atoms with Crippen LogP contribution in [0.3, 0.4) is 0 Å². The second-order valence-corrected chi connectivity index (χ2v) is 5.34. The molecule has 0 spiro atoms. The summed E-state index contributed by atoms with van der Waals surface area (Å²) in [5, 5.41) is 18.5. The maximum atomic E-state index is 11.5. The lowest BCUT2D eigenvalue weighted by molar-refractivity contribution is -0.141. The molecule has 21 heavy (non-hydrogen) atoms. The quantitative estimate of drug-likeness (QED) is 0.857. The molecule has 0 aliphatic carbocycles. The van der Waals surface area contributed by atoms with Crippen molar-refractivity contribution in [3.8, 4) is 0 Å². The predicted molar refractivity (Wildman–Crippen MR) is 82.1 cm³/mol. The van der Waals surface area contributed by atoms with Crippen molar-refractivity contribution in [2.24, 2.45) is 5.92 Å². The molecule has 0 aliphatic rings. The molecule has 0 radical (unpaired) electrons. The van der Waals surface area contributed by atoms with Gasteiger partial charge in [-0.05, 0) is 42.0 Å². The average Bonchev–Trinajstić information content (AvgIpc) is 2.49. The molecule has 0 aromatic heterocycles. The van der Waals surface area contributed by atoms with Crippen LogP contribution in [-0.2, 0) is 24.2 Å².